The summed E-state index contributed by atoms with van der Waals surface area (Å²) in [5, 5.41) is 0. The van der Waals surface area contributed by atoms with Crippen molar-refractivity contribution in [2.24, 2.45) is 0 Å². The highest BCUT2D eigenvalue weighted by Gasteiger charge is 2.08. The lowest BCUT2D eigenvalue weighted by Gasteiger charge is -2.07. The van der Waals surface area contributed by atoms with E-state index in [1.54, 1.807) is 18.2 Å². The zero-order chi connectivity index (χ0) is 13.2. The van der Waals surface area contributed by atoms with Crippen LogP contribution in [0.1, 0.15) is 0 Å². The zero-order valence-electron chi connectivity index (χ0n) is 9.70. The van der Waals surface area contributed by atoms with Gasteiger partial charge in [0.2, 0.25) is 0 Å². The monoisotopic (exact) mass is 264 g/mol. The molecule has 0 aliphatic heterocycles. The SMILES string of the molecule is CS(=O)(=O)c1cccc(Oc2cncc(N)c2)c1. The van der Waals surface area contributed by atoms with Crippen molar-refractivity contribution < 1.29 is 13.2 Å². The minimum absolute atomic E-state index is 0.205. The average molecular weight is 264 g/mol. The Bertz CT molecular complexity index is 669. The van der Waals surface area contributed by atoms with Gasteiger partial charge in [-0.05, 0) is 18.2 Å². The second-order valence-electron chi connectivity index (χ2n) is 3.80. The topological polar surface area (TPSA) is 82.3 Å². The number of nitrogen functional groups attached to an aromatic ring is 1. The van der Waals surface area contributed by atoms with Gasteiger partial charge in [-0.25, -0.2) is 8.42 Å². The van der Waals surface area contributed by atoms with Crippen molar-refractivity contribution in [1.29, 1.82) is 0 Å². The van der Waals surface area contributed by atoms with Gasteiger partial charge in [-0.2, -0.15) is 0 Å². The van der Waals surface area contributed by atoms with Crippen molar-refractivity contribution in [2.75, 3.05) is 12.0 Å². The van der Waals surface area contributed by atoms with Crippen LogP contribution in [0.4, 0.5) is 5.69 Å². The summed E-state index contributed by atoms with van der Waals surface area (Å²) in [5.41, 5.74) is 6.05. The number of nitrogens with two attached hydrogens (primary N) is 1. The van der Waals surface area contributed by atoms with E-state index in [1.165, 1.54) is 24.5 Å². The molecule has 0 saturated carbocycles. The molecule has 5 nitrogen and oxygen atoms in total. The molecule has 0 bridgehead atoms. The molecule has 2 N–H and O–H groups in total. The van der Waals surface area contributed by atoms with Crippen molar-refractivity contribution in [3.05, 3.63) is 42.7 Å². The first-order valence-electron chi connectivity index (χ1n) is 5.14. The quantitative estimate of drug-likeness (QED) is 0.915. The van der Waals surface area contributed by atoms with Crippen LogP contribution in [0.15, 0.2) is 47.6 Å². The summed E-state index contributed by atoms with van der Waals surface area (Å²) in [6.45, 7) is 0. The summed E-state index contributed by atoms with van der Waals surface area (Å²) in [6, 6.07) is 7.86. The smallest absolute Gasteiger partial charge is 0.175 e. The lowest BCUT2D eigenvalue weighted by Crippen LogP contribution is -1.97. The van der Waals surface area contributed by atoms with E-state index in [1.807, 2.05) is 0 Å². The summed E-state index contributed by atoms with van der Waals surface area (Å²) < 4.78 is 28.3. The van der Waals surface area contributed by atoms with E-state index < -0.39 is 9.84 Å². The summed E-state index contributed by atoms with van der Waals surface area (Å²) in [6.07, 6.45) is 4.15. The number of aromatic nitrogens is 1. The van der Waals surface area contributed by atoms with Gasteiger partial charge in [0.15, 0.2) is 9.84 Å². The molecule has 0 unspecified atom stereocenters. The number of rotatable bonds is 3. The Morgan fingerprint density at radius 2 is 1.94 bits per heavy atom. The molecule has 1 heterocycles. The standard InChI is InChI=1S/C12H12N2O3S/c1-18(15,16)12-4-2-3-10(6-12)17-11-5-9(13)7-14-8-11/h2-8H,13H2,1H3. The van der Waals surface area contributed by atoms with E-state index in [0.717, 1.165) is 6.26 Å². The Labute approximate surface area is 105 Å². The number of hydrogen-bond acceptors (Lipinski definition) is 5. The predicted molar refractivity (Wildman–Crippen MR) is 68.3 cm³/mol. The number of sulfone groups is 1. The molecular formula is C12H12N2O3S. The number of benzene rings is 1. The lowest BCUT2D eigenvalue weighted by atomic mass is 10.3. The third-order valence-electron chi connectivity index (χ3n) is 2.20. The number of anilines is 1. The second-order valence-corrected chi connectivity index (χ2v) is 5.82. The number of pyridine rings is 1. The maximum absolute atomic E-state index is 11.4. The highest BCUT2D eigenvalue weighted by molar-refractivity contribution is 7.90. The molecule has 6 heteroatoms. The molecule has 0 aliphatic carbocycles. The van der Waals surface area contributed by atoms with Crippen molar-refractivity contribution in [2.45, 2.75) is 4.90 Å². The van der Waals surface area contributed by atoms with Gasteiger partial charge in [0, 0.05) is 12.3 Å². The zero-order valence-corrected chi connectivity index (χ0v) is 10.5. The van der Waals surface area contributed by atoms with Gasteiger partial charge in [-0.1, -0.05) is 6.07 Å². The normalized spacial score (nSPS) is 11.2. The van der Waals surface area contributed by atoms with Crippen LogP contribution < -0.4 is 10.5 Å². The van der Waals surface area contributed by atoms with Gasteiger partial charge in [0.05, 0.1) is 23.0 Å². The van der Waals surface area contributed by atoms with Crippen LogP contribution in [0, 0.1) is 0 Å². The Kier molecular flexibility index (Phi) is 3.20. The van der Waals surface area contributed by atoms with Crippen LogP contribution in [0.2, 0.25) is 0 Å². The lowest BCUT2D eigenvalue weighted by molar-refractivity contribution is 0.479. The molecule has 0 aliphatic rings. The molecule has 0 amide bonds. The fraction of sp³-hybridized carbons (Fsp3) is 0.0833. The number of hydrogen-bond donors (Lipinski definition) is 1. The van der Waals surface area contributed by atoms with Crippen LogP contribution in [0.5, 0.6) is 11.5 Å². The van der Waals surface area contributed by atoms with E-state index in [9.17, 15) is 8.42 Å². The Hall–Kier alpha value is -2.08. The summed E-state index contributed by atoms with van der Waals surface area (Å²) in [5.74, 6) is 0.881. The first-order valence-corrected chi connectivity index (χ1v) is 7.03. The molecule has 0 atom stereocenters. The van der Waals surface area contributed by atoms with E-state index in [-0.39, 0.29) is 4.90 Å². The second kappa shape index (κ2) is 4.66. The minimum atomic E-state index is -3.25. The van der Waals surface area contributed by atoms with Crippen LogP contribution >= 0.6 is 0 Å². The molecule has 2 aromatic rings. The van der Waals surface area contributed by atoms with Gasteiger partial charge in [-0.15, -0.1) is 0 Å². The van der Waals surface area contributed by atoms with Gasteiger partial charge >= 0.3 is 0 Å². The molecule has 2 rings (SSSR count). The molecule has 94 valence electrons. The molecule has 0 saturated heterocycles. The largest absolute Gasteiger partial charge is 0.456 e. The predicted octanol–water partition coefficient (Wildman–Crippen LogP) is 1.86. The van der Waals surface area contributed by atoms with Crippen LogP contribution in [0.3, 0.4) is 0 Å². The van der Waals surface area contributed by atoms with Gasteiger partial charge < -0.3 is 10.5 Å². The van der Waals surface area contributed by atoms with E-state index >= 15 is 0 Å². The third kappa shape index (κ3) is 2.98. The van der Waals surface area contributed by atoms with E-state index in [4.69, 9.17) is 10.5 Å². The van der Waals surface area contributed by atoms with E-state index in [0.29, 0.717) is 17.2 Å². The molecule has 1 aromatic heterocycles. The molecule has 18 heavy (non-hydrogen) atoms. The van der Waals surface area contributed by atoms with Crippen LogP contribution in [-0.4, -0.2) is 19.7 Å². The minimum Gasteiger partial charge on any atom is -0.456 e. The summed E-state index contributed by atoms with van der Waals surface area (Å²) in [7, 11) is -3.25. The third-order valence-corrected chi connectivity index (χ3v) is 3.31. The first kappa shape index (κ1) is 12.4. The fourth-order valence-corrected chi connectivity index (χ4v) is 2.05. The van der Waals surface area contributed by atoms with Crippen molar-refractivity contribution >= 4 is 15.5 Å². The molecular weight excluding hydrogens is 252 g/mol. The summed E-state index contributed by atoms with van der Waals surface area (Å²) in [4.78, 5) is 4.09. The molecule has 0 fully saturated rings. The van der Waals surface area contributed by atoms with Gasteiger partial charge in [0.25, 0.3) is 0 Å². The average Bonchev–Trinajstić information content (AvgIpc) is 2.28. The first-order chi connectivity index (χ1) is 8.45. The summed E-state index contributed by atoms with van der Waals surface area (Å²) >= 11 is 0. The number of nitrogens with zero attached hydrogens (tertiary/aromatic N) is 1. The molecule has 1 aromatic carbocycles. The van der Waals surface area contributed by atoms with Crippen LogP contribution in [0.25, 0.3) is 0 Å². The number of ether oxygens (including phenoxy) is 1. The van der Waals surface area contributed by atoms with E-state index in [2.05, 4.69) is 4.98 Å². The fourth-order valence-electron chi connectivity index (χ4n) is 1.40. The van der Waals surface area contributed by atoms with Crippen molar-refractivity contribution in [3.8, 4) is 11.5 Å². The highest BCUT2D eigenvalue weighted by Crippen LogP contribution is 2.24. The Morgan fingerprint density at radius 1 is 1.17 bits per heavy atom. The maximum Gasteiger partial charge on any atom is 0.175 e. The van der Waals surface area contributed by atoms with Crippen molar-refractivity contribution in [3.63, 3.8) is 0 Å². The van der Waals surface area contributed by atoms with Gasteiger partial charge in [0.1, 0.15) is 11.5 Å². The molecule has 0 radical (unpaired) electrons. The maximum atomic E-state index is 11.4. The molecule has 0 spiro atoms. The highest BCUT2D eigenvalue weighted by atomic mass is 32.2. The van der Waals surface area contributed by atoms with Crippen molar-refractivity contribution in [1.82, 2.24) is 4.98 Å². The Balaban J connectivity index is 2.30. The van der Waals surface area contributed by atoms with Crippen LogP contribution in [-0.2, 0) is 9.84 Å². The Morgan fingerprint density at radius 3 is 2.61 bits per heavy atom. The van der Waals surface area contributed by atoms with Gasteiger partial charge in [-0.3, -0.25) is 4.98 Å².